The van der Waals surface area contributed by atoms with Crippen LogP contribution in [0.4, 0.5) is 10.8 Å². The lowest BCUT2D eigenvalue weighted by Gasteiger charge is -2.07. The summed E-state index contributed by atoms with van der Waals surface area (Å²) in [5.74, 6) is 0. The number of benzene rings is 1. The molecule has 0 spiro atoms. The van der Waals surface area contributed by atoms with E-state index in [1.807, 2.05) is 0 Å². The van der Waals surface area contributed by atoms with Gasteiger partial charge in [0.15, 0.2) is 5.13 Å². The molecule has 0 bridgehead atoms. The van der Waals surface area contributed by atoms with Crippen LogP contribution in [0.3, 0.4) is 0 Å². The monoisotopic (exact) mass is 367 g/mol. The number of hydrogen-bond donors (Lipinski definition) is 2. The number of nitrogens with zero attached hydrogens (tertiary/aromatic N) is 1. The normalized spacial score (nSPS) is 11.4. The van der Waals surface area contributed by atoms with Crippen LogP contribution in [0.5, 0.6) is 0 Å². The highest BCUT2D eigenvalue weighted by atomic mass is 79.9. The molecule has 0 radical (unpaired) electrons. The molecule has 0 amide bonds. The predicted octanol–water partition coefficient (Wildman–Crippen LogP) is 2.94. The molecule has 2 aromatic rings. The van der Waals surface area contributed by atoms with Crippen LogP contribution < -0.4 is 10.5 Å². The topological polar surface area (TPSA) is 85.1 Å². The molecule has 96 valence electrons. The number of nitrogens with one attached hydrogen (secondary N) is 1. The van der Waals surface area contributed by atoms with Gasteiger partial charge in [0.1, 0.15) is 4.90 Å². The van der Waals surface area contributed by atoms with E-state index < -0.39 is 10.0 Å². The number of nitrogens with two attached hydrogens (primary N) is 1. The maximum Gasteiger partial charge on any atom is 0.265 e. The number of rotatable bonds is 3. The van der Waals surface area contributed by atoms with Crippen LogP contribution in [0.1, 0.15) is 0 Å². The Morgan fingerprint density at radius 2 is 2.17 bits per heavy atom. The number of anilines is 2. The Kier molecular flexibility index (Phi) is 3.81. The summed E-state index contributed by atoms with van der Waals surface area (Å²) in [5, 5.41) is 0.354. The van der Waals surface area contributed by atoms with Gasteiger partial charge >= 0.3 is 0 Å². The number of nitrogen functional groups attached to an aromatic ring is 1. The van der Waals surface area contributed by atoms with Crippen molar-refractivity contribution in [3.8, 4) is 0 Å². The summed E-state index contributed by atoms with van der Waals surface area (Å²) in [6.07, 6.45) is 1.50. The lowest BCUT2D eigenvalue weighted by Crippen LogP contribution is -2.13. The number of hydrogen-bond acceptors (Lipinski definition) is 5. The van der Waals surface area contributed by atoms with Crippen LogP contribution in [-0.2, 0) is 10.0 Å². The van der Waals surface area contributed by atoms with E-state index in [-0.39, 0.29) is 15.0 Å². The molecule has 0 aliphatic carbocycles. The molecule has 1 heterocycles. The Hall–Kier alpha value is -0.830. The average Bonchev–Trinajstić information content (AvgIpc) is 2.66. The first-order valence-electron chi connectivity index (χ1n) is 4.57. The highest BCUT2D eigenvalue weighted by Gasteiger charge is 2.19. The average molecular weight is 369 g/mol. The molecule has 1 aromatic heterocycles. The third-order valence-corrected chi connectivity index (χ3v) is 5.29. The van der Waals surface area contributed by atoms with Crippen molar-refractivity contribution < 1.29 is 8.42 Å². The summed E-state index contributed by atoms with van der Waals surface area (Å²) in [4.78, 5) is 3.81. The first kappa shape index (κ1) is 13.6. The summed E-state index contributed by atoms with van der Waals surface area (Å²) in [6.45, 7) is 0. The molecule has 3 N–H and O–H groups in total. The molecule has 9 heteroatoms. The summed E-state index contributed by atoms with van der Waals surface area (Å²) in [7, 11) is -3.79. The molecule has 18 heavy (non-hydrogen) atoms. The molecule has 1 aromatic carbocycles. The minimum Gasteiger partial charge on any atom is -0.399 e. The molecular weight excluding hydrogens is 362 g/mol. The van der Waals surface area contributed by atoms with Crippen molar-refractivity contribution in [2.75, 3.05) is 10.5 Å². The van der Waals surface area contributed by atoms with E-state index in [2.05, 4.69) is 25.6 Å². The van der Waals surface area contributed by atoms with Crippen molar-refractivity contribution >= 4 is 59.7 Å². The van der Waals surface area contributed by atoms with Crippen molar-refractivity contribution in [3.63, 3.8) is 0 Å². The number of thiazole rings is 1. The van der Waals surface area contributed by atoms with Gasteiger partial charge in [0.05, 0.1) is 15.0 Å². The predicted molar refractivity (Wildman–Crippen MR) is 76.5 cm³/mol. The van der Waals surface area contributed by atoms with Crippen LogP contribution in [0.25, 0.3) is 0 Å². The summed E-state index contributed by atoms with van der Waals surface area (Å²) >= 11 is 10.2. The van der Waals surface area contributed by atoms with Crippen LogP contribution in [0, 0.1) is 0 Å². The van der Waals surface area contributed by atoms with Gasteiger partial charge in [0, 0.05) is 5.69 Å². The van der Waals surface area contributed by atoms with Gasteiger partial charge in [-0.1, -0.05) is 22.9 Å². The van der Waals surface area contributed by atoms with Crippen molar-refractivity contribution in [1.29, 1.82) is 0 Å². The number of sulfonamides is 1. The number of aromatic nitrogens is 1. The smallest absolute Gasteiger partial charge is 0.265 e. The van der Waals surface area contributed by atoms with Gasteiger partial charge < -0.3 is 5.73 Å². The molecule has 2 rings (SSSR count). The van der Waals surface area contributed by atoms with Crippen LogP contribution >= 0.6 is 38.9 Å². The third kappa shape index (κ3) is 2.94. The van der Waals surface area contributed by atoms with Gasteiger partial charge in [-0.2, -0.15) is 0 Å². The molecule has 0 aliphatic rings. The molecule has 0 atom stereocenters. The zero-order valence-electron chi connectivity index (χ0n) is 8.72. The van der Waals surface area contributed by atoms with Gasteiger partial charge in [0.2, 0.25) is 0 Å². The zero-order chi connectivity index (χ0) is 13.3. The van der Waals surface area contributed by atoms with Gasteiger partial charge in [-0.05, 0) is 34.1 Å². The number of halogens is 2. The fourth-order valence-electron chi connectivity index (χ4n) is 1.20. The van der Waals surface area contributed by atoms with E-state index in [4.69, 9.17) is 17.3 Å². The molecule has 0 fully saturated rings. The summed E-state index contributed by atoms with van der Waals surface area (Å²) in [5.41, 5.74) is 5.87. The van der Waals surface area contributed by atoms with E-state index in [9.17, 15) is 8.42 Å². The Morgan fingerprint density at radius 3 is 2.78 bits per heavy atom. The van der Waals surface area contributed by atoms with E-state index in [0.717, 1.165) is 15.1 Å². The van der Waals surface area contributed by atoms with Gasteiger partial charge in [-0.3, -0.25) is 4.72 Å². The quantitative estimate of drug-likeness (QED) is 0.816. The minimum absolute atomic E-state index is 0.0736. The second-order valence-corrected chi connectivity index (χ2v) is 7.73. The van der Waals surface area contributed by atoms with Crippen molar-refractivity contribution in [2.24, 2.45) is 0 Å². The van der Waals surface area contributed by atoms with Crippen molar-refractivity contribution in [2.45, 2.75) is 4.90 Å². The minimum atomic E-state index is -3.79. The highest BCUT2D eigenvalue weighted by molar-refractivity contribution is 9.11. The van der Waals surface area contributed by atoms with Crippen molar-refractivity contribution in [3.05, 3.63) is 33.2 Å². The first-order valence-corrected chi connectivity index (χ1v) is 8.05. The van der Waals surface area contributed by atoms with E-state index in [1.165, 1.54) is 24.4 Å². The highest BCUT2D eigenvalue weighted by Crippen LogP contribution is 2.28. The van der Waals surface area contributed by atoms with Crippen LogP contribution in [0.2, 0.25) is 5.02 Å². The molecule has 0 saturated carbocycles. The largest absolute Gasteiger partial charge is 0.399 e. The third-order valence-electron chi connectivity index (χ3n) is 1.94. The second-order valence-electron chi connectivity index (χ2n) is 3.26. The van der Waals surface area contributed by atoms with Gasteiger partial charge in [-0.15, -0.1) is 0 Å². The van der Waals surface area contributed by atoms with Crippen molar-refractivity contribution in [1.82, 2.24) is 4.98 Å². The fraction of sp³-hybridized carbons (Fsp3) is 0. The van der Waals surface area contributed by atoms with Gasteiger partial charge in [-0.25, -0.2) is 13.4 Å². The Balaban J connectivity index is 2.39. The Labute approximate surface area is 121 Å². The van der Waals surface area contributed by atoms with E-state index >= 15 is 0 Å². The first-order chi connectivity index (χ1) is 8.38. The van der Waals surface area contributed by atoms with E-state index in [0.29, 0.717) is 5.69 Å². The standard InChI is InChI=1S/C9H7BrClN3O2S2/c10-8-4-13-9(17-8)14-18(15,16)7-3-5(12)1-2-6(7)11/h1-4H,12H2,(H,13,14). The van der Waals surface area contributed by atoms with Gasteiger partial charge in [0.25, 0.3) is 10.0 Å². The lowest BCUT2D eigenvalue weighted by molar-refractivity contribution is 0.601. The maximum absolute atomic E-state index is 12.1. The summed E-state index contributed by atoms with van der Waals surface area (Å²) in [6, 6.07) is 4.26. The van der Waals surface area contributed by atoms with Crippen LogP contribution in [0.15, 0.2) is 33.1 Å². The SMILES string of the molecule is Nc1ccc(Cl)c(S(=O)(=O)Nc2ncc(Br)s2)c1. The maximum atomic E-state index is 12.1. The molecule has 0 saturated heterocycles. The fourth-order valence-corrected chi connectivity index (χ4v) is 4.08. The zero-order valence-corrected chi connectivity index (χ0v) is 12.7. The molecule has 0 aliphatic heterocycles. The second kappa shape index (κ2) is 5.04. The Morgan fingerprint density at radius 1 is 1.44 bits per heavy atom. The van der Waals surface area contributed by atoms with E-state index in [1.54, 1.807) is 0 Å². The van der Waals surface area contributed by atoms with Crippen LogP contribution in [-0.4, -0.2) is 13.4 Å². The molecular formula is C9H7BrClN3O2S2. The Bertz CT molecular complexity index is 687. The molecule has 5 nitrogen and oxygen atoms in total. The lowest BCUT2D eigenvalue weighted by atomic mass is 10.3. The molecule has 0 unspecified atom stereocenters. The summed E-state index contributed by atoms with van der Waals surface area (Å²) < 4.78 is 27.2.